The fourth-order valence-corrected chi connectivity index (χ4v) is 2.33. The van der Waals surface area contributed by atoms with Gasteiger partial charge < -0.3 is 0 Å². The molecule has 2 aromatic rings. The number of hydrogen-bond acceptors (Lipinski definition) is 4. The molecule has 1 heterocycles. The zero-order valence-corrected chi connectivity index (χ0v) is 12.4. The molecule has 0 radical (unpaired) electrons. The van der Waals surface area contributed by atoms with Gasteiger partial charge >= 0.3 is 0 Å². The van der Waals surface area contributed by atoms with E-state index in [4.69, 9.17) is 34.8 Å². The van der Waals surface area contributed by atoms with Crippen molar-refractivity contribution < 1.29 is 4.79 Å². The minimum absolute atomic E-state index is 0.234. The first-order valence-corrected chi connectivity index (χ1v) is 6.71. The van der Waals surface area contributed by atoms with E-state index in [2.05, 4.69) is 20.9 Å². The Hall–Kier alpha value is -1.50. The van der Waals surface area contributed by atoms with Gasteiger partial charge in [0.25, 0.3) is 0 Å². The molecule has 20 heavy (non-hydrogen) atoms. The summed E-state index contributed by atoms with van der Waals surface area (Å²) < 4.78 is 1.56. The van der Waals surface area contributed by atoms with E-state index in [0.717, 1.165) is 0 Å². The van der Waals surface area contributed by atoms with Gasteiger partial charge in [-0.05, 0) is 12.1 Å². The van der Waals surface area contributed by atoms with Crippen LogP contribution in [0.2, 0.25) is 15.1 Å². The summed E-state index contributed by atoms with van der Waals surface area (Å²) in [6, 6.07) is 3.05. The van der Waals surface area contributed by atoms with E-state index in [0.29, 0.717) is 27.3 Å². The normalized spacial score (nSPS) is 10.3. The monoisotopic (exact) mass is 333 g/mol. The fourth-order valence-electron chi connectivity index (χ4n) is 1.42. The van der Waals surface area contributed by atoms with E-state index >= 15 is 0 Å². The van der Waals surface area contributed by atoms with Crippen LogP contribution in [0.1, 0.15) is 6.42 Å². The van der Waals surface area contributed by atoms with Crippen molar-refractivity contribution in [1.82, 2.24) is 20.2 Å². The van der Waals surface area contributed by atoms with Crippen LogP contribution in [0.3, 0.4) is 0 Å². The maximum Gasteiger partial charge on any atom is 0.240 e. The van der Waals surface area contributed by atoms with Crippen LogP contribution in [-0.4, -0.2) is 20.7 Å². The summed E-state index contributed by atoms with van der Waals surface area (Å²) in [6.45, 7) is 0.426. The number of carbonyl (C=O) groups is 1. The molecule has 0 spiro atoms. The molecule has 0 bridgehead atoms. The van der Waals surface area contributed by atoms with Gasteiger partial charge in [-0.1, -0.05) is 34.8 Å². The summed E-state index contributed by atoms with van der Waals surface area (Å²) in [7, 11) is 0. The Labute approximate surface area is 130 Å². The Morgan fingerprint density at radius 1 is 1.25 bits per heavy atom. The van der Waals surface area contributed by atoms with Crippen LogP contribution in [0, 0.1) is 0 Å². The van der Waals surface area contributed by atoms with Crippen molar-refractivity contribution in [2.45, 2.75) is 13.0 Å². The highest BCUT2D eigenvalue weighted by Crippen LogP contribution is 2.32. The van der Waals surface area contributed by atoms with Crippen LogP contribution >= 0.6 is 34.8 Å². The molecule has 2 N–H and O–H groups in total. The summed E-state index contributed by atoms with van der Waals surface area (Å²) in [5.41, 5.74) is 5.57. The molecule has 0 saturated heterocycles. The number of benzene rings is 1. The van der Waals surface area contributed by atoms with Crippen molar-refractivity contribution in [2.75, 3.05) is 5.43 Å². The van der Waals surface area contributed by atoms with Gasteiger partial charge in [0.2, 0.25) is 5.91 Å². The van der Waals surface area contributed by atoms with Crippen LogP contribution in [0.25, 0.3) is 0 Å². The van der Waals surface area contributed by atoms with E-state index in [-0.39, 0.29) is 12.3 Å². The second kappa shape index (κ2) is 6.78. The molecular formula is C11H10Cl3N5O. The van der Waals surface area contributed by atoms with Gasteiger partial charge in [-0.15, -0.1) is 0 Å². The molecular weight excluding hydrogens is 325 g/mol. The lowest BCUT2D eigenvalue weighted by Gasteiger charge is -2.12. The summed E-state index contributed by atoms with van der Waals surface area (Å²) in [6.07, 6.45) is 3.18. The second-order valence-corrected chi connectivity index (χ2v) is 5.08. The predicted octanol–water partition coefficient (Wildman–Crippen LogP) is 2.77. The Balaban J connectivity index is 1.87. The third-order valence-corrected chi connectivity index (χ3v) is 3.18. The minimum Gasteiger partial charge on any atom is -0.296 e. The molecule has 1 amide bonds. The van der Waals surface area contributed by atoms with Gasteiger partial charge in [0.15, 0.2) is 0 Å². The average molecular weight is 335 g/mol. The molecule has 1 aromatic carbocycles. The van der Waals surface area contributed by atoms with E-state index < -0.39 is 0 Å². The lowest BCUT2D eigenvalue weighted by atomic mass is 10.3. The summed E-state index contributed by atoms with van der Waals surface area (Å²) >= 11 is 17.7. The van der Waals surface area contributed by atoms with Crippen molar-refractivity contribution in [1.29, 1.82) is 0 Å². The number of amides is 1. The number of carbonyl (C=O) groups excluding carboxylic acids is 1. The maximum absolute atomic E-state index is 11.7. The number of nitrogens with zero attached hydrogens (tertiary/aromatic N) is 3. The number of aromatic nitrogens is 3. The zero-order chi connectivity index (χ0) is 14.5. The lowest BCUT2D eigenvalue weighted by Crippen LogP contribution is -2.30. The number of nitrogens with one attached hydrogen (secondary N) is 2. The molecule has 2 rings (SSSR count). The first kappa shape index (κ1) is 14.9. The van der Waals surface area contributed by atoms with Gasteiger partial charge in [-0.3, -0.25) is 20.3 Å². The van der Waals surface area contributed by atoms with E-state index in [1.165, 1.54) is 24.8 Å². The second-order valence-electron chi connectivity index (χ2n) is 3.83. The molecule has 0 atom stereocenters. The topological polar surface area (TPSA) is 71.8 Å². The number of halogens is 3. The molecule has 0 fully saturated rings. The van der Waals surface area contributed by atoms with Crippen LogP contribution in [-0.2, 0) is 11.3 Å². The fraction of sp³-hybridized carbons (Fsp3) is 0.182. The van der Waals surface area contributed by atoms with Crippen molar-refractivity contribution in [3.05, 3.63) is 39.9 Å². The summed E-state index contributed by atoms with van der Waals surface area (Å²) in [5, 5.41) is 4.95. The number of aryl methyl sites for hydroxylation is 1. The Morgan fingerprint density at radius 2 is 1.95 bits per heavy atom. The molecule has 0 aliphatic heterocycles. The molecule has 0 saturated carbocycles. The lowest BCUT2D eigenvalue weighted by molar-refractivity contribution is -0.120. The SMILES string of the molecule is O=C(CCn1cncn1)NNc1c(Cl)cc(Cl)cc1Cl. The zero-order valence-electron chi connectivity index (χ0n) is 10.1. The average Bonchev–Trinajstić information content (AvgIpc) is 2.88. The van der Waals surface area contributed by atoms with Gasteiger partial charge in [-0.25, -0.2) is 4.98 Å². The number of rotatable bonds is 5. The smallest absolute Gasteiger partial charge is 0.240 e. The Bertz CT molecular complexity index is 579. The number of hydrogen-bond donors (Lipinski definition) is 2. The quantitative estimate of drug-likeness (QED) is 0.825. The largest absolute Gasteiger partial charge is 0.296 e. The molecule has 0 unspecified atom stereocenters. The Morgan fingerprint density at radius 3 is 2.55 bits per heavy atom. The molecule has 1 aromatic heterocycles. The van der Waals surface area contributed by atoms with E-state index in [1.54, 1.807) is 4.68 Å². The number of hydrazine groups is 1. The van der Waals surface area contributed by atoms with Gasteiger partial charge in [0.05, 0.1) is 22.3 Å². The van der Waals surface area contributed by atoms with Crippen LogP contribution in [0.15, 0.2) is 24.8 Å². The van der Waals surface area contributed by atoms with Crippen LogP contribution < -0.4 is 10.9 Å². The van der Waals surface area contributed by atoms with Gasteiger partial charge in [-0.2, -0.15) is 5.10 Å². The third kappa shape index (κ3) is 4.00. The molecule has 0 aliphatic carbocycles. The maximum atomic E-state index is 11.7. The van der Waals surface area contributed by atoms with Gasteiger partial charge in [0.1, 0.15) is 12.7 Å². The molecule has 106 valence electrons. The van der Waals surface area contributed by atoms with Crippen molar-refractivity contribution in [3.63, 3.8) is 0 Å². The first-order chi connectivity index (χ1) is 9.56. The summed E-state index contributed by atoms with van der Waals surface area (Å²) in [5.74, 6) is -0.234. The standard InChI is InChI=1S/C11H10Cl3N5O/c12-7-3-8(13)11(9(14)4-7)18-17-10(20)1-2-19-6-15-5-16-19/h3-6,18H,1-2H2,(H,17,20). The minimum atomic E-state index is -0.234. The number of anilines is 1. The van der Waals surface area contributed by atoms with Crippen molar-refractivity contribution in [3.8, 4) is 0 Å². The third-order valence-electron chi connectivity index (χ3n) is 2.37. The molecule has 9 heteroatoms. The molecule has 0 aliphatic rings. The van der Waals surface area contributed by atoms with Crippen LogP contribution in [0.4, 0.5) is 5.69 Å². The highest BCUT2D eigenvalue weighted by Gasteiger charge is 2.09. The van der Waals surface area contributed by atoms with Crippen LogP contribution in [0.5, 0.6) is 0 Å². The predicted molar refractivity (Wildman–Crippen MR) is 77.9 cm³/mol. The van der Waals surface area contributed by atoms with Crippen molar-refractivity contribution >= 4 is 46.4 Å². The van der Waals surface area contributed by atoms with Gasteiger partial charge in [0, 0.05) is 11.4 Å². The first-order valence-electron chi connectivity index (χ1n) is 5.58. The molecule has 6 nitrogen and oxygen atoms in total. The van der Waals surface area contributed by atoms with E-state index in [9.17, 15) is 4.79 Å². The Kier molecular flexibility index (Phi) is 5.05. The van der Waals surface area contributed by atoms with Crippen molar-refractivity contribution in [2.24, 2.45) is 0 Å². The highest BCUT2D eigenvalue weighted by atomic mass is 35.5. The highest BCUT2D eigenvalue weighted by molar-refractivity contribution is 6.41. The van der Waals surface area contributed by atoms with E-state index in [1.807, 2.05) is 0 Å². The summed E-state index contributed by atoms with van der Waals surface area (Å²) in [4.78, 5) is 15.4.